The van der Waals surface area contributed by atoms with Crippen LogP contribution in [0.25, 0.3) is 0 Å². The lowest BCUT2D eigenvalue weighted by Gasteiger charge is -2.29. The van der Waals surface area contributed by atoms with Gasteiger partial charge in [0.15, 0.2) is 0 Å². The molecule has 9 heavy (non-hydrogen) atoms. The Kier molecular flexibility index (Phi) is 1.78. The van der Waals surface area contributed by atoms with Gasteiger partial charge in [0.25, 0.3) is 0 Å². The van der Waals surface area contributed by atoms with Crippen molar-refractivity contribution >= 4 is 0 Å². The molecule has 0 radical (unpaired) electrons. The van der Waals surface area contributed by atoms with Crippen LogP contribution in [0.5, 0.6) is 0 Å². The van der Waals surface area contributed by atoms with E-state index in [1.807, 2.05) is 5.06 Å². The molecule has 1 saturated heterocycles. The van der Waals surface area contributed by atoms with Crippen LogP contribution in [0.15, 0.2) is 0 Å². The Bertz CT molecular complexity index is 89.6. The molecular formula is C7H15NO. The molecule has 0 aliphatic carbocycles. The smallest absolute Gasteiger partial charge is 0.0698 e. The first-order chi connectivity index (χ1) is 4.11. The molecule has 0 N–H and O–H groups in total. The molecule has 1 heterocycles. The second-order valence-corrected chi connectivity index (χ2v) is 3.46. The summed E-state index contributed by atoms with van der Waals surface area (Å²) in [7, 11) is 0. The number of nitrogens with zero attached hydrogens (tertiary/aromatic N) is 1. The van der Waals surface area contributed by atoms with Gasteiger partial charge in [-0.05, 0) is 27.2 Å². The quantitative estimate of drug-likeness (QED) is 0.490. The van der Waals surface area contributed by atoms with Crippen molar-refractivity contribution in [2.45, 2.75) is 32.7 Å². The monoisotopic (exact) mass is 129 g/mol. The minimum Gasteiger partial charge on any atom is -0.298 e. The van der Waals surface area contributed by atoms with E-state index in [0.717, 1.165) is 13.2 Å². The third kappa shape index (κ3) is 1.66. The summed E-state index contributed by atoms with van der Waals surface area (Å²) in [6.45, 7) is 8.48. The molecule has 0 aromatic carbocycles. The lowest BCUT2D eigenvalue weighted by molar-refractivity contribution is -0.166. The van der Waals surface area contributed by atoms with E-state index in [2.05, 4.69) is 20.8 Å². The highest BCUT2D eigenvalue weighted by Gasteiger charge is 2.24. The lowest BCUT2D eigenvalue weighted by atomic mass is 10.1. The highest BCUT2D eigenvalue weighted by atomic mass is 16.7. The molecule has 1 aliphatic rings. The van der Waals surface area contributed by atoms with E-state index in [1.165, 1.54) is 6.42 Å². The first kappa shape index (κ1) is 7.03. The fraction of sp³-hybridized carbons (Fsp3) is 1.00. The zero-order valence-electron chi connectivity index (χ0n) is 6.48. The van der Waals surface area contributed by atoms with E-state index >= 15 is 0 Å². The van der Waals surface area contributed by atoms with Crippen molar-refractivity contribution in [2.24, 2.45) is 0 Å². The zero-order chi connectivity index (χ0) is 6.91. The van der Waals surface area contributed by atoms with Gasteiger partial charge >= 0.3 is 0 Å². The maximum Gasteiger partial charge on any atom is 0.0698 e. The normalized spacial score (nSPS) is 23.0. The van der Waals surface area contributed by atoms with Crippen LogP contribution in [0.4, 0.5) is 0 Å². The van der Waals surface area contributed by atoms with E-state index in [4.69, 9.17) is 4.84 Å². The Morgan fingerprint density at radius 3 is 2.22 bits per heavy atom. The summed E-state index contributed by atoms with van der Waals surface area (Å²) in [5.74, 6) is 0. The van der Waals surface area contributed by atoms with Crippen molar-refractivity contribution in [1.82, 2.24) is 5.06 Å². The summed E-state index contributed by atoms with van der Waals surface area (Å²) < 4.78 is 0. The molecule has 1 fully saturated rings. The van der Waals surface area contributed by atoms with Crippen LogP contribution in [0.1, 0.15) is 27.2 Å². The van der Waals surface area contributed by atoms with Crippen molar-refractivity contribution in [3.8, 4) is 0 Å². The summed E-state index contributed by atoms with van der Waals surface area (Å²) >= 11 is 0. The third-order valence-corrected chi connectivity index (χ3v) is 1.50. The highest BCUT2D eigenvalue weighted by Crippen LogP contribution is 2.17. The van der Waals surface area contributed by atoms with Crippen LogP contribution in [0, 0.1) is 0 Å². The van der Waals surface area contributed by atoms with E-state index < -0.39 is 0 Å². The minimum atomic E-state index is 0.191. The van der Waals surface area contributed by atoms with Crippen LogP contribution >= 0.6 is 0 Å². The second kappa shape index (κ2) is 2.27. The Hall–Kier alpha value is -0.0800. The van der Waals surface area contributed by atoms with E-state index in [-0.39, 0.29) is 5.54 Å². The highest BCUT2D eigenvalue weighted by molar-refractivity contribution is 4.71. The molecule has 0 saturated carbocycles. The molecule has 1 rings (SSSR count). The van der Waals surface area contributed by atoms with Gasteiger partial charge in [0.1, 0.15) is 0 Å². The number of rotatable bonds is 0. The van der Waals surface area contributed by atoms with Gasteiger partial charge in [0.05, 0.1) is 6.61 Å². The standard InChI is InChI=1S/C7H15NO/c1-7(2,3)8-5-4-6-9-8/h4-6H2,1-3H3. The van der Waals surface area contributed by atoms with Crippen LogP contribution < -0.4 is 0 Å². The van der Waals surface area contributed by atoms with Gasteiger partial charge in [-0.25, -0.2) is 0 Å². The summed E-state index contributed by atoms with van der Waals surface area (Å²) in [6, 6.07) is 0. The Labute approximate surface area is 56.8 Å². The minimum absolute atomic E-state index is 0.191. The largest absolute Gasteiger partial charge is 0.298 e. The maximum absolute atomic E-state index is 5.35. The predicted molar refractivity (Wildman–Crippen MR) is 37.0 cm³/mol. The first-order valence-electron chi connectivity index (χ1n) is 3.51. The van der Waals surface area contributed by atoms with E-state index in [9.17, 15) is 0 Å². The molecule has 0 unspecified atom stereocenters. The first-order valence-corrected chi connectivity index (χ1v) is 3.51. The molecule has 2 nitrogen and oxygen atoms in total. The van der Waals surface area contributed by atoms with Crippen molar-refractivity contribution in [3.63, 3.8) is 0 Å². The molecule has 0 atom stereocenters. The van der Waals surface area contributed by atoms with Crippen LogP contribution in [-0.4, -0.2) is 23.8 Å². The van der Waals surface area contributed by atoms with Gasteiger partial charge in [0, 0.05) is 12.1 Å². The number of hydrogen-bond donors (Lipinski definition) is 0. The molecule has 54 valence electrons. The summed E-state index contributed by atoms with van der Waals surface area (Å²) in [6.07, 6.45) is 1.18. The molecule has 0 aromatic heterocycles. The van der Waals surface area contributed by atoms with Gasteiger partial charge in [-0.3, -0.25) is 4.84 Å². The van der Waals surface area contributed by atoms with Gasteiger partial charge in [-0.1, -0.05) is 0 Å². The van der Waals surface area contributed by atoms with Gasteiger partial charge in [-0.2, -0.15) is 5.06 Å². The predicted octanol–water partition coefficient (Wildman–Crippen LogP) is 1.42. The van der Waals surface area contributed by atoms with E-state index in [1.54, 1.807) is 0 Å². The fourth-order valence-corrected chi connectivity index (χ4v) is 0.977. The van der Waals surface area contributed by atoms with Crippen LogP contribution in [0.3, 0.4) is 0 Å². The van der Waals surface area contributed by atoms with Crippen molar-refractivity contribution in [2.75, 3.05) is 13.2 Å². The summed E-state index contributed by atoms with van der Waals surface area (Å²) in [4.78, 5) is 5.35. The topological polar surface area (TPSA) is 12.5 Å². The zero-order valence-corrected chi connectivity index (χ0v) is 6.48. The molecular weight excluding hydrogens is 114 g/mol. The Balaban J connectivity index is 2.42. The second-order valence-electron chi connectivity index (χ2n) is 3.46. The van der Waals surface area contributed by atoms with Gasteiger partial charge in [-0.15, -0.1) is 0 Å². The van der Waals surface area contributed by atoms with Crippen LogP contribution in [0.2, 0.25) is 0 Å². The van der Waals surface area contributed by atoms with Gasteiger partial charge < -0.3 is 0 Å². The maximum atomic E-state index is 5.35. The van der Waals surface area contributed by atoms with Crippen molar-refractivity contribution in [3.05, 3.63) is 0 Å². The van der Waals surface area contributed by atoms with Crippen molar-refractivity contribution in [1.29, 1.82) is 0 Å². The lowest BCUT2D eigenvalue weighted by Crippen LogP contribution is -2.37. The number of hydrogen-bond acceptors (Lipinski definition) is 2. The van der Waals surface area contributed by atoms with Crippen LogP contribution in [-0.2, 0) is 4.84 Å². The average molecular weight is 129 g/mol. The molecule has 0 aromatic rings. The average Bonchev–Trinajstić information content (AvgIpc) is 2.08. The Morgan fingerprint density at radius 2 is 2.00 bits per heavy atom. The summed E-state index contributed by atoms with van der Waals surface area (Å²) in [5.41, 5.74) is 0.191. The molecule has 0 bridgehead atoms. The molecule has 0 spiro atoms. The number of hydroxylamine groups is 2. The van der Waals surface area contributed by atoms with Crippen molar-refractivity contribution < 1.29 is 4.84 Å². The molecule has 0 amide bonds. The summed E-state index contributed by atoms with van der Waals surface area (Å²) in [5, 5.41) is 2.05. The SMILES string of the molecule is CC(C)(C)N1CCCO1. The molecule has 1 aliphatic heterocycles. The fourth-order valence-electron chi connectivity index (χ4n) is 0.977. The molecule has 2 heteroatoms. The van der Waals surface area contributed by atoms with E-state index in [0.29, 0.717) is 0 Å². The Morgan fingerprint density at radius 1 is 1.33 bits per heavy atom. The third-order valence-electron chi connectivity index (χ3n) is 1.50. The van der Waals surface area contributed by atoms with Gasteiger partial charge in [0.2, 0.25) is 0 Å².